The Morgan fingerprint density at radius 1 is 0.964 bits per heavy atom. The van der Waals surface area contributed by atoms with Crippen LogP contribution in [0, 0.1) is 5.92 Å². The zero-order valence-electron chi connectivity index (χ0n) is 16.3. The van der Waals surface area contributed by atoms with Crippen molar-refractivity contribution in [3.63, 3.8) is 0 Å². The zero-order valence-corrected chi connectivity index (χ0v) is 16.3. The van der Waals surface area contributed by atoms with Gasteiger partial charge in [-0.1, -0.05) is 55.5 Å². The molecule has 2 aliphatic heterocycles. The molecule has 2 fully saturated rings. The van der Waals surface area contributed by atoms with Crippen LogP contribution in [0.1, 0.15) is 54.1 Å². The van der Waals surface area contributed by atoms with Crippen molar-refractivity contribution < 1.29 is 14.3 Å². The Balaban J connectivity index is 1.40. The van der Waals surface area contributed by atoms with E-state index < -0.39 is 0 Å². The number of carbonyl (C=O) groups excluding carboxylic acids is 2. The summed E-state index contributed by atoms with van der Waals surface area (Å²) in [6, 6.07) is 17.9. The number of hydrogen-bond acceptors (Lipinski definition) is 3. The molecule has 2 atom stereocenters. The van der Waals surface area contributed by atoms with Crippen LogP contribution in [0.3, 0.4) is 0 Å². The average Bonchev–Trinajstić information content (AvgIpc) is 3.01. The zero-order chi connectivity index (χ0) is 19.5. The van der Waals surface area contributed by atoms with Gasteiger partial charge in [0, 0.05) is 23.6 Å². The Hall–Kier alpha value is -2.62. The van der Waals surface area contributed by atoms with E-state index in [1.54, 1.807) is 0 Å². The maximum atomic E-state index is 13.0. The first-order chi connectivity index (χ1) is 13.7. The largest absolute Gasteiger partial charge is 0.445 e. The van der Waals surface area contributed by atoms with Gasteiger partial charge in [-0.3, -0.25) is 4.79 Å². The topological polar surface area (TPSA) is 46.6 Å². The molecule has 0 N–H and O–H groups in total. The molecule has 0 spiro atoms. The molecule has 2 heterocycles. The lowest BCUT2D eigenvalue weighted by Crippen LogP contribution is -2.48. The van der Waals surface area contributed by atoms with Crippen molar-refractivity contribution in [3.05, 3.63) is 71.3 Å². The second kappa shape index (κ2) is 8.17. The van der Waals surface area contributed by atoms with Gasteiger partial charge in [0.15, 0.2) is 5.78 Å². The molecule has 4 heteroatoms. The van der Waals surface area contributed by atoms with Crippen molar-refractivity contribution in [3.8, 4) is 0 Å². The Morgan fingerprint density at radius 3 is 2.32 bits per heavy atom. The number of benzene rings is 2. The first-order valence-corrected chi connectivity index (χ1v) is 10.3. The third-order valence-corrected chi connectivity index (χ3v) is 6.14. The Bertz CT molecular complexity index is 834. The van der Waals surface area contributed by atoms with E-state index in [1.807, 2.05) is 53.4 Å². The normalized spacial score (nSPS) is 23.5. The Labute approximate surface area is 166 Å². The third kappa shape index (κ3) is 3.82. The number of Topliss-reactive ketones (excluding diaryl/α,β-unsaturated/α-hetero) is 1. The number of rotatable bonds is 5. The number of fused-ring (bicyclic) bond motifs is 2. The van der Waals surface area contributed by atoms with Crippen LogP contribution in [-0.4, -0.2) is 28.9 Å². The van der Waals surface area contributed by atoms with Gasteiger partial charge in [-0.05, 0) is 49.3 Å². The van der Waals surface area contributed by atoms with Crippen LogP contribution >= 0.6 is 0 Å². The van der Waals surface area contributed by atoms with Crippen LogP contribution in [0.2, 0.25) is 0 Å². The Kier molecular flexibility index (Phi) is 5.47. The Morgan fingerprint density at radius 2 is 1.64 bits per heavy atom. The SMILES string of the molecule is CCc1cccc(C(=O)C2CC3CCC(C2)N3C(=O)OCc2ccccc2)c1. The monoisotopic (exact) mass is 377 g/mol. The van der Waals surface area contributed by atoms with Crippen LogP contribution in [-0.2, 0) is 17.8 Å². The van der Waals surface area contributed by atoms with Gasteiger partial charge in [0.05, 0.1) is 0 Å². The first kappa shape index (κ1) is 18.7. The van der Waals surface area contributed by atoms with E-state index >= 15 is 0 Å². The molecular formula is C24H27NO3. The molecule has 0 radical (unpaired) electrons. The third-order valence-electron chi connectivity index (χ3n) is 6.14. The minimum absolute atomic E-state index is 0.00257. The summed E-state index contributed by atoms with van der Waals surface area (Å²) in [6.07, 6.45) is 4.10. The van der Waals surface area contributed by atoms with E-state index in [-0.39, 0.29) is 29.9 Å². The van der Waals surface area contributed by atoms with Gasteiger partial charge in [0.25, 0.3) is 0 Å². The molecule has 0 saturated carbocycles. The number of aryl methyl sites for hydroxylation is 1. The second-order valence-electron chi connectivity index (χ2n) is 7.92. The highest BCUT2D eigenvalue weighted by molar-refractivity contribution is 5.98. The van der Waals surface area contributed by atoms with Crippen molar-refractivity contribution in [2.75, 3.05) is 0 Å². The molecule has 2 saturated heterocycles. The quantitative estimate of drug-likeness (QED) is 0.688. The van der Waals surface area contributed by atoms with Crippen molar-refractivity contribution >= 4 is 11.9 Å². The number of ether oxygens (including phenoxy) is 1. The number of carbonyl (C=O) groups is 2. The van der Waals surface area contributed by atoms with Crippen molar-refractivity contribution in [1.29, 1.82) is 0 Å². The predicted molar refractivity (Wildman–Crippen MR) is 108 cm³/mol. The molecule has 2 aliphatic rings. The molecule has 28 heavy (non-hydrogen) atoms. The van der Waals surface area contributed by atoms with Gasteiger partial charge < -0.3 is 9.64 Å². The van der Waals surface area contributed by atoms with Crippen molar-refractivity contribution in [1.82, 2.24) is 4.90 Å². The van der Waals surface area contributed by atoms with Crippen LogP contribution in [0.4, 0.5) is 4.79 Å². The summed E-state index contributed by atoms with van der Waals surface area (Å²) >= 11 is 0. The highest BCUT2D eigenvalue weighted by atomic mass is 16.6. The van der Waals surface area contributed by atoms with Gasteiger partial charge in [0.1, 0.15) is 6.61 Å². The van der Waals surface area contributed by atoms with E-state index in [2.05, 4.69) is 13.0 Å². The minimum atomic E-state index is -0.241. The maximum Gasteiger partial charge on any atom is 0.410 e. The number of ketones is 1. The highest BCUT2D eigenvalue weighted by Gasteiger charge is 2.45. The summed E-state index contributed by atoms with van der Waals surface area (Å²) < 4.78 is 5.56. The lowest BCUT2D eigenvalue weighted by Gasteiger charge is -2.37. The summed E-state index contributed by atoms with van der Waals surface area (Å²) in [5, 5.41) is 0. The van der Waals surface area contributed by atoms with Gasteiger partial charge in [0.2, 0.25) is 0 Å². The fraction of sp³-hybridized carbons (Fsp3) is 0.417. The van der Waals surface area contributed by atoms with Crippen LogP contribution in [0.15, 0.2) is 54.6 Å². The van der Waals surface area contributed by atoms with Crippen molar-refractivity contribution in [2.45, 2.75) is 57.7 Å². The molecule has 4 nitrogen and oxygen atoms in total. The number of nitrogens with zero attached hydrogens (tertiary/aromatic N) is 1. The van der Waals surface area contributed by atoms with E-state index in [0.29, 0.717) is 6.61 Å². The van der Waals surface area contributed by atoms with Crippen LogP contribution in [0.25, 0.3) is 0 Å². The summed E-state index contributed by atoms with van der Waals surface area (Å²) in [5.74, 6) is 0.229. The predicted octanol–water partition coefficient (Wildman–Crippen LogP) is 5.01. The summed E-state index contributed by atoms with van der Waals surface area (Å²) in [4.78, 5) is 27.6. The molecule has 1 amide bonds. The smallest absolute Gasteiger partial charge is 0.410 e. The van der Waals surface area contributed by atoms with Crippen LogP contribution < -0.4 is 0 Å². The summed E-state index contributed by atoms with van der Waals surface area (Å²) in [7, 11) is 0. The lowest BCUT2D eigenvalue weighted by atomic mass is 9.84. The van der Waals surface area contributed by atoms with Gasteiger partial charge in [-0.25, -0.2) is 4.79 Å². The maximum absolute atomic E-state index is 13.0. The van der Waals surface area contributed by atoms with Crippen LogP contribution in [0.5, 0.6) is 0 Å². The second-order valence-corrected chi connectivity index (χ2v) is 7.92. The molecule has 2 aromatic rings. The van der Waals surface area contributed by atoms with Gasteiger partial charge >= 0.3 is 6.09 Å². The average molecular weight is 377 g/mol. The number of hydrogen-bond donors (Lipinski definition) is 0. The van der Waals surface area contributed by atoms with E-state index in [1.165, 1.54) is 5.56 Å². The molecule has 2 unspecified atom stereocenters. The fourth-order valence-corrected chi connectivity index (χ4v) is 4.66. The first-order valence-electron chi connectivity index (χ1n) is 10.3. The van der Waals surface area contributed by atoms with Crippen molar-refractivity contribution in [2.24, 2.45) is 5.92 Å². The van der Waals surface area contributed by atoms with Gasteiger partial charge in [-0.2, -0.15) is 0 Å². The molecule has 0 aromatic heterocycles. The van der Waals surface area contributed by atoms with Gasteiger partial charge in [-0.15, -0.1) is 0 Å². The molecule has 4 rings (SSSR count). The number of piperidine rings is 1. The summed E-state index contributed by atoms with van der Waals surface area (Å²) in [6.45, 7) is 2.39. The highest BCUT2D eigenvalue weighted by Crippen LogP contribution is 2.40. The lowest BCUT2D eigenvalue weighted by molar-refractivity contribution is 0.0485. The molecule has 0 aliphatic carbocycles. The summed E-state index contributed by atoms with van der Waals surface area (Å²) in [5.41, 5.74) is 2.99. The molecule has 2 aromatic carbocycles. The molecular weight excluding hydrogens is 350 g/mol. The molecule has 2 bridgehead atoms. The fourth-order valence-electron chi connectivity index (χ4n) is 4.66. The van der Waals surface area contributed by atoms with E-state index in [9.17, 15) is 9.59 Å². The molecule has 146 valence electrons. The standard InChI is InChI=1S/C24H27NO3/c1-2-17-9-6-10-19(13-17)23(26)20-14-21-11-12-22(15-20)25(21)24(27)28-16-18-7-4-3-5-8-18/h3-10,13,20-22H,2,11-12,14-16H2,1H3. The minimum Gasteiger partial charge on any atom is -0.445 e. The number of amides is 1. The van der Waals surface area contributed by atoms with E-state index in [0.717, 1.165) is 43.2 Å². The van der Waals surface area contributed by atoms with E-state index in [4.69, 9.17) is 4.74 Å².